The number of esters is 1. The number of benzene rings is 1. The molecule has 1 rings (SSSR count). The van der Waals surface area contributed by atoms with Gasteiger partial charge in [-0.1, -0.05) is 12.1 Å². The molecule has 0 saturated carbocycles. The Labute approximate surface area is 118 Å². The SMILES string of the molecule is CCOC(=O)CN(C)C(=O)/C=C/c1ccc(OC)cc1. The lowest BCUT2D eigenvalue weighted by molar-refractivity contribution is -0.146. The topological polar surface area (TPSA) is 55.8 Å². The zero-order chi connectivity index (χ0) is 15.0. The van der Waals surface area contributed by atoms with Crippen molar-refractivity contribution in [3.8, 4) is 5.75 Å². The number of ether oxygens (including phenoxy) is 2. The van der Waals surface area contributed by atoms with Crippen LogP contribution in [0.3, 0.4) is 0 Å². The Morgan fingerprint density at radius 3 is 2.45 bits per heavy atom. The largest absolute Gasteiger partial charge is 0.497 e. The minimum atomic E-state index is -0.416. The average molecular weight is 277 g/mol. The quantitative estimate of drug-likeness (QED) is 0.587. The van der Waals surface area contributed by atoms with Crippen molar-refractivity contribution in [1.82, 2.24) is 4.90 Å². The van der Waals surface area contributed by atoms with Gasteiger partial charge < -0.3 is 14.4 Å². The van der Waals surface area contributed by atoms with Crippen LogP contribution in [0.15, 0.2) is 30.3 Å². The molecule has 0 bridgehead atoms. The van der Waals surface area contributed by atoms with Gasteiger partial charge in [0.05, 0.1) is 13.7 Å². The molecule has 20 heavy (non-hydrogen) atoms. The standard InChI is InChI=1S/C15H19NO4/c1-4-20-15(18)11-16(2)14(17)10-7-12-5-8-13(19-3)9-6-12/h5-10H,4,11H2,1-3H3/b10-7+. The van der Waals surface area contributed by atoms with Crippen molar-refractivity contribution >= 4 is 18.0 Å². The van der Waals surface area contributed by atoms with Gasteiger partial charge in [0, 0.05) is 13.1 Å². The van der Waals surface area contributed by atoms with Crippen molar-refractivity contribution in [2.45, 2.75) is 6.92 Å². The van der Waals surface area contributed by atoms with Gasteiger partial charge in [0.25, 0.3) is 0 Å². The van der Waals surface area contributed by atoms with E-state index in [0.29, 0.717) is 6.61 Å². The zero-order valence-electron chi connectivity index (χ0n) is 12.0. The van der Waals surface area contributed by atoms with Gasteiger partial charge in [0.1, 0.15) is 12.3 Å². The first-order chi connectivity index (χ1) is 9.56. The molecule has 0 N–H and O–H groups in total. The van der Waals surface area contributed by atoms with Gasteiger partial charge in [-0.2, -0.15) is 0 Å². The summed E-state index contributed by atoms with van der Waals surface area (Å²) in [5, 5.41) is 0. The lowest BCUT2D eigenvalue weighted by Crippen LogP contribution is -2.31. The van der Waals surface area contributed by atoms with E-state index in [1.807, 2.05) is 24.3 Å². The summed E-state index contributed by atoms with van der Waals surface area (Å²) >= 11 is 0. The zero-order valence-corrected chi connectivity index (χ0v) is 12.0. The Morgan fingerprint density at radius 2 is 1.90 bits per heavy atom. The Kier molecular flexibility index (Phi) is 6.29. The fraction of sp³-hybridized carbons (Fsp3) is 0.333. The highest BCUT2D eigenvalue weighted by molar-refractivity contribution is 5.93. The maximum Gasteiger partial charge on any atom is 0.325 e. The van der Waals surface area contributed by atoms with Gasteiger partial charge in [0.15, 0.2) is 0 Å². The summed E-state index contributed by atoms with van der Waals surface area (Å²) in [5.41, 5.74) is 0.878. The van der Waals surface area contributed by atoms with E-state index in [1.165, 1.54) is 11.0 Å². The summed E-state index contributed by atoms with van der Waals surface area (Å²) in [6.07, 6.45) is 3.10. The molecule has 1 amide bonds. The van der Waals surface area contributed by atoms with Crippen LogP contribution in [0.2, 0.25) is 0 Å². The number of likely N-dealkylation sites (N-methyl/N-ethyl adjacent to an activating group) is 1. The molecule has 0 radical (unpaired) electrons. The molecular formula is C15H19NO4. The lowest BCUT2D eigenvalue weighted by atomic mass is 10.2. The molecular weight excluding hydrogens is 258 g/mol. The number of hydrogen-bond acceptors (Lipinski definition) is 4. The molecule has 1 aromatic carbocycles. The third-order valence-corrected chi connectivity index (χ3v) is 2.58. The maximum atomic E-state index is 11.8. The van der Waals surface area contributed by atoms with Crippen LogP contribution in [-0.2, 0) is 14.3 Å². The van der Waals surface area contributed by atoms with Crippen LogP contribution >= 0.6 is 0 Å². The van der Waals surface area contributed by atoms with Crippen molar-refractivity contribution < 1.29 is 19.1 Å². The molecule has 0 saturated heterocycles. The van der Waals surface area contributed by atoms with E-state index < -0.39 is 5.97 Å². The average Bonchev–Trinajstić information content (AvgIpc) is 2.45. The van der Waals surface area contributed by atoms with E-state index in [4.69, 9.17) is 9.47 Å². The summed E-state index contributed by atoms with van der Waals surface area (Å²) < 4.78 is 9.83. The highest BCUT2D eigenvalue weighted by Gasteiger charge is 2.10. The molecule has 0 heterocycles. The Morgan fingerprint density at radius 1 is 1.25 bits per heavy atom. The third-order valence-electron chi connectivity index (χ3n) is 2.58. The number of carbonyl (C=O) groups excluding carboxylic acids is 2. The summed E-state index contributed by atoms with van der Waals surface area (Å²) in [4.78, 5) is 24.3. The fourth-order valence-electron chi connectivity index (χ4n) is 1.49. The molecule has 0 spiro atoms. The molecule has 0 fully saturated rings. The van der Waals surface area contributed by atoms with Crippen LogP contribution in [0.1, 0.15) is 12.5 Å². The third kappa shape index (κ3) is 5.14. The van der Waals surface area contributed by atoms with E-state index in [-0.39, 0.29) is 12.5 Å². The van der Waals surface area contributed by atoms with Gasteiger partial charge in [-0.25, -0.2) is 0 Å². The minimum absolute atomic E-state index is 0.0559. The van der Waals surface area contributed by atoms with E-state index >= 15 is 0 Å². The van der Waals surface area contributed by atoms with Gasteiger partial charge in [-0.05, 0) is 30.7 Å². The van der Waals surface area contributed by atoms with E-state index in [2.05, 4.69) is 0 Å². The van der Waals surface area contributed by atoms with E-state index in [1.54, 1.807) is 27.2 Å². The monoisotopic (exact) mass is 277 g/mol. The van der Waals surface area contributed by atoms with Crippen LogP contribution in [0.5, 0.6) is 5.75 Å². The molecule has 0 aliphatic rings. The number of carbonyl (C=O) groups is 2. The Bertz CT molecular complexity index is 479. The first-order valence-electron chi connectivity index (χ1n) is 6.29. The number of methoxy groups -OCH3 is 1. The molecule has 1 aromatic rings. The summed E-state index contributed by atoms with van der Waals surface area (Å²) in [5.74, 6) is 0.0861. The maximum absolute atomic E-state index is 11.8. The first kappa shape index (κ1) is 15.8. The second kappa shape index (κ2) is 7.99. The molecule has 108 valence electrons. The number of rotatable bonds is 6. The molecule has 0 atom stereocenters. The summed E-state index contributed by atoms with van der Waals surface area (Å²) in [6, 6.07) is 7.31. The molecule has 0 unspecified atom stereocenters. The molecule has 0 aromatic heterocycles. The van der Waals surface area contributed by atoms with Crippen molar-refractivity contribution in [2.24, 2.45) is 0 Å². The predicted octanol–water partition coefficient (Wildman–Crippen LogP) is 1.73. The van der Waals surface area contributed by atoms with Crippen LogP contribution in [0, 0.1) is 0 Å². The normalized spacial score (nSPS) is 10.3. The fourth-order valence-corrected chi connectivity index (χ4v) is 1.49. The highest BCUT2D eigenvalue weighted by atomic mass is 16.5. The molecule has 5 heteroatoms. The van der Waals surface area contributed by atoms with Gasteiger partial charge >= 0.3 is 5.97 Å². The highest BCUT2D eigenvalue weighted by Crippen LogP contribution is 2.12. The smallest absolute Gasteiger partial charge is 0.325 e. The first-order valence-corrected chi connectivity index (χ1v) is 6.29. The van der Waals surface area contributed by atoms with Crippen molar-refractivity contribution in [3.63, 3.8) is 0 Å². The van der Waals surface area contributed by atoms with Gasteiger partial charge in [-0.3, -0.25) is 9.59 Å². The molecule has 0 aliphatic heterocycles. The van der Waals surface area contributed by atoms with Crippen molar-refractivity contribution in [3.05, 3.63) is 35.9 Å². The van der Waals surface area contributed by atoms with E-state index in [9.17, 15) is 9.59 Å². The van der Waals surface area contributed by atoms with Crippen molar-refractivity contribution in [2.75, 3.05) is 27.3 Å². The predicted molar refractivity (Wildman–Crippen MR) is 76.3 cm³/mol. The Hall–Kier alpha value is -2.30. The number of nitrogens with zero attached hydrogens (tertiary/aromatic N) is 1. The minimum Gasteiger partial charge on any atom is -0.497 e. The number of hydrogen-bond donors (Lipinski definition) is 0. The molecule has 0 aliphatic carbocycles. The molecule has 5 nitrogen and oxygen atoms in total. The summed E-state index contributed by atoms with van der Waals surface area (Å²) in [6.45, 7) is 1.98. The van der Waals surface area contributed by atoms with Crippen molar-refractivity contribution in [1.29, 1.82) is 0 Å². The summed E-state index contributed by atoms with van der Waals surface area (Å²) in [7, 11) is 3.15. The van der Waals surface area contributed by atoms with Gasteiger partial charge in [0.2, 0.25) is 5.91 Å². The van der Waals surface area contributed by atoms with Crippen LogP contribution in [0.4, 0.5) is 0 Å². The van der Waals surface area contributed by atoms with Gasteiger partial charge in [-0.15, -0.1) is 0 Å². The lowest BCUT2D eigenvalue weighted by Gasteiger charge is -2.13. The second-order valence-corrected chi connectivity index (χ2v) is 4.11. The van der Waals surface area contributed by atoms with Crippen LogP contribution < -0.4 is 4.74 Å². The van der Waals surface area contributed by atoms with Crippen LogP contribution in [0.25, 0.3) is 6.08 Å². The van der Waals surface area contributed by atoms with Crippen LogP contribution in [-0.4, -0.2) is 44.1 Å². The Balaban J connectivity index is 2.55. The second-order valence-electron chi connectivity index (χ2n) is 4.11. The van der Waals surface area contributed by atoms with E-state index in [0.717, 1.165) is 11.3 Å². The number of amides is 1.